The Morgan fingerprint density at radius 1 is 1.62 bits per heavy atom. The maximum Gasteiger partial charge on any atom is 0.263 e. The molecule has 0 spiro atoms. The van der Waals surface area contributed by atoms with Gasteiger partial charge in [0.1, 0.15) is 4.88 Å². The third-order valence-corrected chi connectivity index (χ3v) is 2.80. The fourth-order valence-electron chi connectivity index (χ4n) is 1.12. The summed E-state index contributed by atoms with van der Waals surface area (Å²) >= 11 is 1.15. The van der Waals surface area contributed by atoms with Crippen LogP contribution in [-0.2, 0) is 6.54 Å². The monoisotopic (exact) mass is 239 g/mol. The normalized spacial score (nSPS) is 10.3. The lowest BCUT2D eigenvalue weighted by Gasteiger charge is -1.99. The van der Waals surface area contributed by atoms with Crippen LogP contribution in [0.3, 0.4) is 0 Å². The van der Waals surface area contributed by atoms with E-state index in [-0.39, 0.29) is 12.5 Å². The molecule has 0 aromatic carbocycles. The van der Waals surface area contributed by atoms with Gasteiger partial charge in [-0.05, 0) is 6.92 Å². The van der Waals surface area contributed by atoms with E-state index in [0.717, 1.165) is 11.3 Å². The number of nitrogens with one attached hydrogen (secondary N) is 2. The molecule has 9 heteroatoms. The number of aromatic nitrogens is 5. The highest BCUT2D eigenvalue weighted by Crippen LogP contribution is 2.19. The van der Waals surface area contributed by atoms with Crippen molar-refractivity contribution in [1.82, 2.24) is 30.9 Å². The predicted molar refractivity (Wildman–Crippen MR) is 56.6 cm³/mol. The standard InChI is InChI=1S/C7H9N7OS/c1-3-5(16-7(8)10-3)6(15)9-2-4-11-13-14-12-4/h2H2,1H3,(H2,8,10)(H,9,15)(H,11,12,13,14). The van der Waals surface area contributed by atoms with Crippen molar-refractivity contribution in [2.45, 2.75) is 13.5 Å². The van der Waals surface area contributed by atoms with Crippen molar-refractivity contribution in [3.63, 3.8) is 0 Å². The van der Waals surface area contributed by atoms with Gasteiger partial charge in [0, 0.05) is 0 Å². The first-order valence-electron chi connectivity index (χ1n) is 4.40. The second-order valence-corrected chi connectivity index (χ2v) is 4.01. The second kappa shape index (κ2) is 4.23. The summed E-state index contributed by atoms with van der Waals surface area (Å²) in [5, 5.41) is 16.1. The SMILES string of the molecule is Cc1nc(N)sc1C(=O)NCc1nn[nH]n1. The van der Waals surface area contributed by atoms with E-state index in [1.165, 1.54) is 0 Å². The van der Waals surface area contributed by atoms with E-state index in [4.69, 9.17) is 5.73 Å². The fourth-order valence-corrected chi connectivity index (χ4v) is 1.87. The molecule has 16 heavy (non-hydrogen) atoms. The summed E-state index contributed by atoms with van der Waals surface area (Å²) in [4.78, 5) is 16.2. The summed E-state index contributed by atoms with van der Waals surface area (Å²) in [5.74, 6) is 0.181. The average molecular weight is 239 g/mol. The second-order valence-electron chi connectivity index (χ2n) is 2.98. The number of thiazole rings is 1. The van der Waals surface area contributed by atoms with Crippen LogP contribution in [0.1, 0.15) is 21.2 Å². The molecule has 4 N–H and O–H groups in total. The smallest absolute Gasteiger partial charge is 0.263 e. The summed E-state index contributed by atoms with van der Waals surface area (Å²) in [5.41, 5.74) is 6.11. The molecule has 2 heterocycles. The minimum Gasteiger partial charge on any atom is -0.375 e. The van der Waals surface area contributed by atoms with Crippen LogP contribution in [0.5, 0.6) is 0 Å². The van der Waals surface area contributed by atoms with Crippen molar-refractivity contribution in [3.05, 3.63) is 16.4 Å². The van der Waals surface area contributed by atoms with Crippen LogP contribution in [-0.4, -0.2) is 31.5 Å². The maximum atomic E-state index is 11.7. The number of carbonyl (C=O) groups is 1. The van der Waals surface area contributed by atoms with Gasteiger partial charge in [0.15, 0.2) is 11.0 Å². The quantitative estimate of drug-likeness (QED) is 0.662. The Bertz CT molecular complexity index is 491. The molecule has 0 bridgehead atoms. The number of carbonyl (C=O) groups excluding carboxylic acids is 1. The fraction of sp³-hybridized carbons (Fsp3) is 0.286. The van der Waals surface area contributed by atoms with Crippen molar-refractivity contribution in [3.8, 4) is 0 Å². The minimum absolute atomic E-state index is 0.215. The molecule has 2 aromatic rings. The number of amides is 1. The molecule has 0 atom stereocenters. The molecule has 2 rings (SSSR count). The van der Waals surface area contributed by atoms with E-state index in [2.05, 4.69) is 30.9 Å². The zero-order chi connectivity index (χ0) is 11.5. The Hall–Kier alpha value is -2.03. The number of aryl methyl sites for hydroxylation is 1. The molecule has 0 radical (unpaired) electrons. The largest absolute Gasteiger partial charge is 0.375 e. The van der Waals surface area contributed by atoms with E-state index in [1.807, 2.05) is 0 Å². The number of tetrazole rings is 1. The van der Waals surface area contributed by atoms with Crippen LogP contribution in [0.4, 0.5) is 5.13 Å². The maximum absolute atomic E-state index is 11.7. The summed E-state index contributed by atoms with van der Waals surface area (Å²) < 4.78 is 0. The third-order valence-electron chi connectivity index (χ3n) is 1.82. The molecule has 0 saturated carbocycles. The Morgan fingerprint density at radius 3 is 3.00 bits per heavy atom. The molecule has 1 amide bonds. The number of anilines is 1. The van der Waals surface area contributed by atoms with E-state index < -0.39 is 0 Å². The number of aromatic amines is 1. The van der Waals surface area contributed by atoms with Gasteiger partial charge in [-0.25, -0.2) is 4.98 Å². The Kier molecular flexibility index (Phi) is 2.77. The molecule has 0 aliphatic carbocycles. The van der Waals surface area contributed by atoms with Crippen LogP contribution >= 0.6 is 11.3 Å². The highest BCUT2D eigenvalue weighted by atomic mass is 32.1. The highest BCUT2D eigenvalue weighted by molar-refractivity contribution is 7.17. The molecule has 0 aliphatic rings. The zero-order valence-electron chi connectivity index (χ0n) is 8.39. The van der Waals surface area contributed by atoms with Gasteiger partial charge in [-0.3, -0.25) is 4.79 Å². The van der Waals surface area contributed by atoms with Crippen molar-refractivity contribution in [2.75, 3.05) is 5.73 Å². The van der Waals surface area contributed by atoms with Gasteiger partial charge in [0.05, 0.1) is 12.2 Å². The van der Waals surface area contributed by atoms with Gasteiger partial charge in [0.2, 0.25) is 0 Å². The van der Waals surface area contributed by atoms with E-state index in [0.29, 0.717) is 21.5 Å². The van der Waals surface area contributed by atoms with Gasteiger partial charge in [-0.2, -0.15) is 5.21 Å². The van der Waals surface area contributed by atoms with Gasteiger partial charge in [-0.15, -0.1) is 10.2 Å². The van der Waals surface area contributed by atoms with Crippen molar-refractivity contribution in [1.29, 1.82) is 0 Å². The lowest BCUT2D eigenvalue weighted by atomic mass is 10.4. The van der Waals surface area contributed by atoms with Crippen molar-refractivity contribution in [2.24, 2.45) is 0 Å². The average Bonchev–Trinajstić information content (AvgIpc) is 2.84. The van der Waals surface area contributed by atoms with Crippen LogP contribution in [0.25, 0.3) is 0 Å². The minimum atomic E-state index is -0.239. The molecule has 0 aliphatic heterocycles. The molecule has 0 fully saturated rings. The number of rotatable bonds is 3. The molecule has 2 aromatic heterocycles. The van der Waals surface area contributed by atoms with Crippen LogP contribution in [0.15, 0.2) is 0 Å². The summed E-state index contributed by atoms with van der Waals surface area (Å²) in [7, 11) is 0. The van der Waals surface area contributed by atoms with Gasteiger partial charge < -0.3 is 11.1 Å². The van der Waals surface area contributed by atoms with Gasteiger partial charge in [-0.1, -0.05) is 16.6 Å². The molecular formula is C7H9N7OS. The Morgan fingerprint density at radius 2 is 2.44 bits per heavy atom. The Labute approximate surface area is 94.3 Å². The lowest BCUT2D eigenvalue weighted by molar-refractivity contribution is 0.0953. The third kappa shape index (κ3) is 2.14. The first-order chi connectivity index (χ1) is 7.66. The van der Waals surface area contributed by atoms with E-state index in [1.54, 1.807) is 6.92 Å². The predicted octanol–water partition coefficient (Wildman–Crippen LogP) is -0.523. The van der Waals surface area contributed by atoms with Crippen LogP contribution in [0, 0.1) is 6.92 Å². The molecule has 8 nitrogen and oxygen atoms in total. The molecular weight excluding hydrogens is 230 g/mol. The first kappa shape index (κ1) is 10.5. The zero-order valence-corrected chi connectivity index (χ0v) is 9.21. The summed E-state index contributed by atoms with van der Waals surface area (Å²) in [6.07, 6.45) is 0. The number of nitrogens with two attached hydrogens (primary N) is 1. The summed E-state index contributed by atoms with van der Waals surface area (Å²) in [6, 6.07) is 0. The van der Waals surface area contributed by atoms with Gasteiger partial charge >= 0.3 is 0 Å². The number of nitrogens with zero attached hydrogens (tertiary/aromatic N) is 4. The number of H-pyrrole nitrogens is 1. The highest BCUT2D eigenvalue weighted by Gasteiger charge is 2.14. The topological polar surface area (TPSA) is 122 Å². The lowest BCUT2D eigenvalue weighted by Crippen LogP contribution is -2.23. The molecule has 84 valence electrons. The van der Waals surface area contributed by atoms with Gasteiger partial charge in [0.25, 0.3) is 5.91 Å². The number of hydrogen-bond acceptors (Lipinski definition) is 7. The van der Waals surface area contributed by atoms with E-state index in [9.17, 15) is 4.79 Å². The van der Waals surface area contributed by atoms with Crippen LogP contribution in [0.2, 0.25) is 0 Å². The summed E-state index contributed by atoms with van der Waals surface area (Å²) in [6.45, 7) is 1.95. The van der Waals surface area contributed by atoms with Crippen molar-refractivity contribution < 1.29 is 4.79 Å². The van der Waals surface area contributed by atoms with Crippen molar-refractivity contribution >= 4 is 22.4 Å². The van der Waals surface area contributed by atoms with E-state index >= 15 is 0 Å². The number of hydrogen-bond donors (Lipinski definition) is 3. The van der Waals surface area contributed by atoms with Crippen LogP contribution < -0.4 is 11.1 Å². The number of nitrogen functional groups attached to an aromatic ring is 1. The first-order valence-corrected chi connectivity index (χ1v) is 5.22. The molecule has 0 saturated heterocycles. The molecule has 0 unspecified atom stereocenters. The Balaban J connectivity index is 2.01.